The second-order valence-electron chi connectivity index (χ2n) is 5.55. The zero-order valence-electron chi connectivity index (χ0n) is 12.4. The van der Waals surface area contributed by atoms with Crippen LogP contribution in [0.1, 0.15) is 46.3 Å². The average Bonchev–Trinajstić information content (AvgIpc) is 3.22. The molecule has 0 N–H and O–H groups in total. The highest BCUT2D eigenvalue weighted by atomic mass is 32.1. The molecule has 1 fully saturated rings. The summed E-state index contributed by atoms with van der Waals surface area (Å²) >= 11 is 1.22. The van der Waals surface area contributed by atoms with Crippen molar-refractivity contribution in [1.82, 2.24) is 14.5 Å². The zero-order valence-corrected chi connectivity index (χ0v) is 13.2. The second-order valence-corrected chi connectivity index (χ2v) is 6.31. The summed E-state index contributed by atoms with van der Waals surface area (Å²) in [4.78, 5) is 15.5. The number of carbonyl (C=O) groups is 1. The summed E-state index contributed by atoms with van der Waals surface area (Å²) in [5.41, 5.74) is 3.24. The SMILES string of the molecule is CCc1nnsc1C(=O)N(Cc1ccc(C)cc1)C1CC1. The molecule has 3 rings (SSSR count). The van der Waals surface area contributed by atoms with E-state index in [9.17, 15) is 4.79 Å². The van der Waals surface area contributed by atoms with E-state index in [1.165, 1.54) is 22.7 Å². The molecule has 2 aromatic rings. The molecule has 1 aromatic heterocycles. The molecule has 21 heavy (non-hydrogen) atoms. The van der Waals surface area contributed by atoms with E-state index in [-0.39, 0.29) is 5.91 Å². The van der Waals surface area contributed by atoms with Crippen LogP contribution in [-0.2, 0) is 13.0 Å². The smallest absolute Gasteiger partial charge is 0.268 e. The van der Waals surface area contributed by atoms with Crippen LogP contribution in [0.3, 0.4) is 0 Å². The predicted octanol–water partition coefficient (Wildman–Crippen LogP) is 3.21. The first-order chi connectivity index (χ1) is 10.2. The highest BCUT2D eigenvalue weighted by Crippen LogP contribution is 2.31. The number of rotatable bonds is 5. The molecular weight excluding hydrogens is 282 g/mol. The Balaban J connectivity index is 1.81. The normalized spacial score (nSPS) is 14.2. The Morgan fingerprint density at radius 2 is 2.05 bits per heavy atom. The molecule has 1 saturated carbocycles. The van der Waals surface area contributed by atoms with Gasteiger partial charge in [-0.25, -0.2) is 0 Å². The predicted molar refractivity (Wildman–Crippen MR) is 83.4 cm³/mol. The van der Waals surface area contributed by atoms with E-state index in [0.29, 0.717) is 17.5 Å². The molecule has 1 amide bonds. The number of aryl methyl sites for hydroxylation is 2. The molecule has 1 aliphatic rings. The summed E-state index contributed by atoms with van der Waals surface area (Å²) < 4.78 is 3.94. The molecule has 1 aromatic carbocycles. The third-order valence-electron chi connectivity index (χ3n) is 3.81. The molecule has 0 atom stereocenters. The van der Waals surface area contributed by atoms with Gasteiger partial charge in [-0.05, 0) is 43.3 Å². The molecule has 0 aliphatic heterocycles. The van der Waals surface area contributed by atoms with Gasteiger partial charge >= 0.3 is 0 Å². The molecule has 5 heteroatoms. The van der Waals surface area contributed by atoms with Gasteiger partial charge in [-0.1, -0.05) is 41.2 Å². The maximum Gasteiger partial charge on any atom is 0.268 e. The lowest BCUT2D eigenvalue weighted by molar-refractivity contribution is 0.0733. The Morgan fingerprint density at radius 3 is 2.67 bits per heavy atom. The zero-order chi connectivity index (χ0) is 14.8. The van der Waals surface area contributed by atoms with Crippen molar-refractivity contribution >= 4 is 17.4 Å². The molecule has 1 aliphatic carbocycles. The number of benzene rings is 1. The lowest BCUT2D eigenvalue weighted by Gasteiger charge is -2.22. The summed E-state index contributed by atoms with van der Waals surface area (Å²) in [7, 11) is 0. The summed E-state index contributed by atoms with van der Waals surface area (Å²) in [6.07, 6.45) is 2.96. The molecular formula is C16H19N3OS. The first-order valence-electron chi connectivity index (χ1n) is 7.36. The fraction of sp³-hybridized carbons (Fsp3) is 0.438. The highest BCUT2D eigenvalue weighted by Gasteiger charge is 2.34. The number of hydrogen-bond acceptors (Lipinski definition) is 4. The van der Waals surface area contributed by atoms with Crippen molar-refractivity contribution in [2.24, 2.45) is 0 Å². The van der Waals surface area contributed by atoms with Crippen LogP contribution in [0.4, 0.5) is 0 Å². The molecule has 4 nitrogen and oxygen atoms in total. The van der Waals surface area contributed by atoms with Gasteiger partial charge in [0.2, 0.25) is 0 Å². The van der Waals surface area contributed by atoms with Crippen LogP contribution in [0.25, 0.3) is 0 Å². The number of nitrogens with zero attached hydrogens (tertiary/aromatic N) is 3. The lowest BCUT2D eigenvalue weighted by Crippen LogP contribution is -2.32. The van der Waals surface area contributed by atoms with Gasteiger partial charge in [0.05, 0.1) is 5.69 Å². The molecule has 0 bridgehead atoms. The van der Waals surface area contributed by atoms with Crippen molar-refractivity contribution in [2.45, 2.75) is 45.7 Å². The van der Waals surface area contributed by atoms with Gasteiger partial charge in [0.15, 0.2) is 0 Å². The average molecular weight is 301 g/mol. The minimum absolute atomic E-state index is 0.0879. The Hall–Kier alpha value is -1.75. The van der Waals surface area contributed by atoms with Gasteiger partial charge in [0.25, 0.3) is 5.91 Å². The molecule has 0 radical (unpaired) electrons. The lowest BCUT2D eigenvalue weighted by atomic mass is 10.1. The largest absolute Gasteiger partial charge is 0.331 e. The van der Waals surface area contributed by atoms with Gasteiger partial charge in [-0.15, -0.1) is 5.10 Å². The van der Waals surface area contributed by atoms with Crippen LogP contribution < -0.4 is 0 Å². The van der Waals surface area contributed by atoms with Crippen molar-refractivity contribution in [1.29, 1.82) is 0 Å². The summed E-state index contributed by atoms with van der Waals surface area (Å²) in [6.45, 7) is 4.75. The highest BCUT2D eigenvalue weighted by molar-refractivity contribution is 7.08. The van der Waals surface area contributed by atoms with Crippen molar-refractivity contribution in [3.05, 3.63) is 46.0 Å². The molecule has 1 heterocycles. The van der Waals surface area contributed by atoms with Crippen molar-refractivity contribution in [2.75, 3.05) is 0 Å². The third kappa shape index (κ3) is 3.13. The molecule has 110 valence electrons. The number of aromatic nitrogens is 2. The number of hydrogen-bond donors (Lipinski definition) is 0. The van der Waals surface area contributed by atoms with Crippen molar-refractivity contribution < 1.29 is 4.79 Å². The van der Waals surface area contributed by atoms with E-state index in [4.69, 9.17) is 0 Å². The van der Waals surface area contributed by atoms with E-state index in [1.807, 2.05) is 11.8 Å². The Labute approximate surface area is 129 Å². The Bertz CT molecular complexity index is 631. The first kappa shape index (κ1) is 14.2. The summed E-state index contributed by atoms with van der Waals surface area (Å²) in [5.74, 6) is 0.0879. The van der Waals surface area contributed by atoms with Gasteiger partial charge in [0.1, 0.15) is 4.88 Å². The van der Waals surface area contributed by atoms with Gasteiger partial charge < -0.3 is 4.90 Å². The minimum Gasteiger partial charge on any atom is -0.331 e. The van der Waals surface area contributed by atoms with Crippen LogP contribution in [0.5, 0.6) is 0 Å². The van der Waals surface area contributed by atoms with Crippen LogP contribution in [0.15, 0.2) is 24.3 Å². The third-order valence-corrected chi connectivity index (χ3v) is 4.56. The molecule has 0 spiro atoms. The second kappa shape index (κ2) is 5.93. The summed E-state index contributed by atoms with van der Waals surface area (Å²) in [6, 6.07) is 8.77. The Kier molecular flexibility index (Phi) is 4.01. The maximum absolute atomic E-state index is 12.8. The summed E-state index contributed by atoms with van der Waals surface area (Å²) in [5, 5.41) is 4.06. The monoisotopic (exact) mass is 301 g/mol. The van der Waals surface area contributed by atoms with E-state index in [2.05, 4.69) is 40.8 Å². The fourth-order valence-electron chi connectivity index (χ4n) is 2.38. The Morgan fingerprint density at radius 1 is 1.33 bits per heavy atom. The number of amides is 1. The minimum atomic E-state index is 0.0879. The standard InChI is InChI=1S/C16H19N3OS/c1-3-14-15(21-18-17-14)16(20)19(13-8-9-13)10-12-6-4-11(2)5-7-12/h4-7,13H,3,8-10H2,1-2H3. The van der Waals surface area contributed by atoms with Crippen molar-refractivity contribution in [3.63, 3.8) is 0 Å². The fourth-order valence-corrected chi connectivity index (χ4v) is 3.08. The van der Waals surface area contributed by atoms with E-state index >= 15 is 0 Å². The number of carbonyl (C=O) groups excluding carboxylic acids is 1. The van der Waals surface area contributed by atoms with E-state index in [0.717, 1.165) is 25.0 Å². The maximum atomic E-state index is 12.8. The first-order valence-corrected chi connectivity index (χ1v) is 8.14. The van der Waals surface area contributed by atoms with Crippen LogP contribution in [0, 0.1) is 6.92 Å². The topological polar surface area (TPSA) is 46.1 Å². The quantitative estimate of drug-likeness (QED) is 0.852. The van der Waals surface area contributed by atoms with Crippen LogP contribution >= 0.6 is 11.5 Å². The van der Waals surface area contributed by atoms with Gasteiger partial charge in [-0.3, -0.25) is 4.79 Å². The molecule has 0 saturated heterocycles. The van der Waals surface area contributed by atoms with E-state index in [1.54, 1.807) is 0 Å². The van der Waals surface area contributed by atoms with Crippen LogP contribution in [0.2, 0.25) is 0 Å². The van der Waals surface area contributed by atoms with Crippen molar-refractivity contribution in [3.8, 4) is 0 Å². The van der Waals surface area contributed by atoms with Gasteiger partial charge in [0, 0.05) is 12.6 Å². The van der Waals surface area contributed by atoms with E-state index < -0.39 is 0 Å². The molecule has 0 unspecified atom stereocenters. The van der Waals surface area contributed by atoms with Gasteiger partial charge in [-0.2, -0.15) is 0 Å². The van der Waals surface area contributed by atoms with Crippen LogP contribution in [-0.4, -0.2) is 26.4 Å².